The second-order valence-corrected chi connectivity index (χ2v) is 3.14. The van der Waals surface area contributed by atoms with E-state index in [-0.39, 0.29) is 11.9 Å². The lowest BCUT2D eigenvalue weighted by Crippen LogP contribution is -2.30. The molecule has 1 fully saturated rings. The van der Waals surface area contributed by atoms with E-state index in [4.69, 9.17) is 5.73 Å². The van der Waals surface area contributed by atoms with Crippen molar-refractivity contribution in [1.82, 2.24) is 4.90 Å². The van der Waals surface area contributed by atoms with Crippen molar-refractivity contribution < 1.29 is 4.79 Å². The molecular weight excluding hydrogens is 152 g/mol. The van der Waals surface area contributed by atoms with Crippen LogP contribution in [0, 0.1) is 0 Å². The molecule has 12 heavy (non-hydrogen) atoms. The van der Waals surface area contributed by atoms with Crippen LogP contribution in [0.25, 0.3) is 0 Å². The Balaban J connectivity index is 2.38. The first-order valence-corrected chi connectivity index (χ1v) is 4.45. The molecule has 0 radical (unpaired) electrons. The zero-order valence-corrected chi connectivity index (χ0v) is 7.49. The zero-order valence-electron chi connectivity index (χ0n) is 7.49. The highest BCUT2D eigenvalue weighted by molar-refractivity contribution is 5.87. The topological polar surface area (TPSA) is 46.3 Å². The van der Waals surface area contributed by atoms with Gasteiger partial charge in [0, 0.05) is 19.1 Å². The molecule has 0 aromatic rings. The smallest absolute Gasteiger partial charge is 0.246 e. The zero-order chi connectivity index (χ0) is 8.97. The summed E-state index contributed by atoms with van der Waals surface area (Å²) in [4.78, 5) is 13.1. The molecular formula is C9H16N2O. The van der Waals surface area contributed by atoms with E-state index < -0.39 is 0 Å². The van der Waals surface area contributed by atoms with Gasteiger partial charge in [0.2, 0.25) is 5.91 Å². The number of amides is 1. The second-order valence-electron chi connectivity index (χ2n) is 3.14. The first-order chi connectivity index (χ1) is 5.74. The number of rotatable bonds is 2. The van der Waals surface area contributed by atoms with Crippen LogP contribution in [0.4, 0.5) is 0 Å². The highest BCUT2D eigenvalue weighted by atomic mass is 16.2. The molecule has 1 aliphatic rings. The quantitative estimate of drug-likeness (QED) is 0.611. The normalized spacial score (nSPS) is 23.8. The van der Waals surface area contributed by atoms with E-state index in [0.29, 0.717) is 6.54 Å². The highest BCUT2D eigenvalue weighted by Crippen LogP contribution is 2.07. The number of likely N-dealkylation sites (tertiary alicyclic amines) is 1. The molecule has 1 saturated heterocycles. The molecule has 0 spiro atoms. The minimum Gasteiger partial charge on any atom is -0.338 e. The van der Waals surface area contributed by atoms with Crippen molar-refractivity contribution in [2.24, 2.45) is 5.73 Å². The monoisotopic (exact) mass is 168 g/mol. The van der Waals surface area contributed by atoms with Crippen molar-refractivity contribution in [1.29, 1.82) is 0 Å². The Morgan fingerprint density at radius 1 is 1.75 bits per heavy atom. The molecule has 1 atom stereocenters. The summed E-state index contributed by atoms with van der Waals surface area (Å²) in [6.07, 6.45) is 5.36. The molecule has 1 aliphatic heterocycles. The van der Waals surface area contributed by atoms with Crippen LogP contribution in [0.3, 0.4) is 0 Å². The van der Waals surface area contributed by atoms with Gasteiger partial charge >= 0.3 is 0 Å². The van der Waals surface area contributed by atoms with Gasteiger partial charge in [0.15, 0.2) is 0 Å². The maximum Gasteiger partial charge on any atom is 0.246 e. The third-order valence-corrected chi connectivity index (χ3v) is 2.03. The molecule has 0 saturated carbocycles. The van der Waals surface area contributed by atoms with E-state index in [1.165, 1.54) is 0 Å². The first-order valence-electron chi connectivity index (χ1n) is 4.45. The lowest BCUT2D eigenvalue weighted by molar-refractivity contribution is -0.125. The number of hydrogen-bond donors (Lipinski definition) is 1. The average Bonchev–Trinajstić information content (AvgIpc) is 2.47. The minimum atomic E-state index is 0.102. The predicted octanol–water partition coefficient (Wildman–Crippen LogP) is 0.512. The van der Waals surface area contributed by atoms with Crippen LogP contribution in [0.5, 0.6) is 0 Å². The van der Waals surface area contributed by atoms with E-state index in [1.807, 2.05) is 13.0 Å². The van der Waals surface area contributed by atoms with Crippen LogP contribution in [0.15, 0.2) is 12.2 Å². The van der Waals surface area contributed by atoms with Gasteiger partial charge in [-0.05, 0) is 18.9 Å². The Bertz CT molecular complexity index is 189. The standard InChI is InChI=1S/C9H16N2O/c1-2-3-4-9(12)11-6-5-8(10)7-11/h3-4,8H,2,5-7,10H2,1H3/b4-3+. The van der Waals surface area contributed by atoms with Crippen LogP contribution in [0.2, 0.25) is 0 Å². The summed E-state index contributed by atoms with van der Waals surface area (Å²) in [6.45, 7) is 3.54. The maximum atomic E-state index is 11.3. The summed E-state index contributed by atoms with van der Waals surface area (Å²) >= 11 is 0. The molecule has 1 amide bonds. The van der Waals surface area contributed by atoms with Crippen molar-refractivity contribution >= 4 is 5.91 Å². The van der Waals surface area contributed by atoms with E-state index in [9.17, 15) is 4.79 Å². The van der Waals surface area contributed by atoms with Crippen LogP contribution < -0.4 is 5.73 Å². The van der Waals surface area contributed by atoms with Gasteiger partial charge in [-0.15, -0.1) is 0 Å². The number of allylic oxidation sites excluding steroid dienone is 1. The third kappa shape index (κ3) is 2.34. The largest absolute Gasteiger partial charge is 0.338 e. The van der Waals surface area contributed by atoms with Gasteiger partial charge in [0.05, 0.1) is 0 Å². The Kier molecular flexibility index (Phi) is 3.29. The maximum absolute atomic E-state index is 11.3. The molecule has 1 heterocycles. The average molecular weight is 168 g/mol. The van der Waals surface area contributed by atoms with Crippen LogP contribution >= 0.6 is 0 Å². The highest BCUT2D eigenvalue weighted by Gasteiger charge is 2.21. The van der Waals surface area contributed by atoms with Crippen LogP contribution in [-0.2, 0) is 4.79 Å². The molecule has 0 bridgehead atoms. The summed E-state index contributed by atoms with van der Waals surface area (Å²) in [6, 6.07) is 0.184. The van der Waals surface area contributed by atoms with E-state index >= 15 is 0 Å². The summed E-state index contributed by atoms with van der Waals surface area (Å²) in [5, 5.41) is 0. The molecule has 1 rings (SSSR count). The molecule has 3 heteroatoms. The van der Waals surface area contributed by atoms with E-state index in [2.05, 4.69) is 0 Å². The van der Waals surface area contributed by atoms with E-state index in [0.717, 1.165) is 19.4 Å². The first kappa shape index (κ1) is 9.26. The fourth-order valence-corrected chi connectivity index (χ4v) is 1.31. The van der Waals surface area contributed by atoms with Gasteiger partial charge in [-0.25, -0.2) is 0 Å². The Hall–Kier alpha value is -0.830. The number of nitrogens with two attached hydrogens (primary N) is 1. The predicted molar refractivity (Wildman–Crippen MR) is 48.6 cm³/mol. The fourth-order valence-electron chi connectivity index (χ4n) is 1.31. The Morgan fingerprint density at radius 3 is 3.00 bits per heavy atom. The molecule has 1 unspecified atom stereocenters. The Morgan fingerprint density at radius 2 is 2.50 bits per heavy atom. The fraction of sp³-hybridized carbons (Fsp3) is 0.667. The van der Waals surface area contributed by atoms with Crippen molar-refractivity contribution in [3.05, 3.63) is 12.2 Å². The SMILES string of the molecule is CC/C=C/C(=O)N1CCC(N)C1. The summed E-state index contributed by atoms with van der Waals surface area (Å²) in [5.74, 6) is 0.102. The Labute approximate surface area is 73.2 Å². The van der Waals surface area contributed by atoms with Gasteiger partial charge in [-0.3, -0.25) is 4.79 Å². The van der Waals surface area contributed by atoms with Crippen LogP contribution in [0.1, 0.15) is 19.8 Å². The number of carbonyl (C=O) groups is 1. The second kappa shape index (κ2) is 4.26. The molecule has 0 aromatic heterocycles. The lowest BCUT2D eigenvalue weighted by Gasteiger charge is -2.12. The van der Waals surface area contributed by atoms with Gasteiger partial charge in [-0.2, -0.15) is 0 Å². The van der Waals surface area contributed by atoms with Crippen molar-refractivity contribution in [2.45, 2.75) is 25.8 Å². The molecule has 0 aromatic carbocycles. The van der Waals surface area contributed by atoms with Crippen molar-refractivity contribution in [2.75, 3.05) is 13.1 Å². The summed E-state index contributed by atoms with van der Waals surface area (Å²) in [5.41, 5.74) is 5.67. The molecule has 68 valence electrons. The van der Waals surface area contributed by atoms with Gasteiger partial charge in [-0.1, -0.05) is 13.0 Å². The number of nitrogens with zero attached hydrogens (tertiary/aromatic N) is 1. The number of hydrogen-bond acceptors (Lipinski definition) is 2. The minimum absolute atomic E-state index is 0.102. The molecule has 3 nitrogen and oxygen atoms in total. The summed E-state index contributed by atoms with van der Waals surface area (Å²) in [7, 11) is 0. The van der Waals surface area contributed by atoms with Crippen molar-refractivity contribution in [3.8, 4) is 0 Å². The van der Waals surface area contributed by atoms with Crippen LogP contribution in [-0.4, -0.2) is 29.9 Å². The summed E-state index contributed by atoms with van der Waals surface area (Å²) < 4.78 is 0. The van der Waals surface area contributed by atoms with Gasteiger partial charge in [0.1, 0.15) is 0 Å². The van der Waals surface area contributed by atoms with Gasteiger partial charge in [0.25, 0.3) is 0 Å². The van der Waals surface area contributed by atoms with Crippen molar-refractivity contribution in [3.63, 3.8) is 0 Å². The third-order valence-electron chi connectivity index (χ3n) is 2.03. The van der Waals surface area contributed by atoms with E-state index in [1.54, 1.807) is 11.0 Å². The molecule has 2 N–H and O–H groups in total. The molecule has 0 aliphatic carbocycles. The number of carbonyl (C=O) groups excluding carboxylic acids is 1. The van der Waals surface area contributed by atoms with Gasteiger partial charge < -0.3 is 10.6 Å². The lowest BCUT2D eigenvalue weighted by atomic mass is 10.3.